The molecule has 2 heteroatoms. The molecule has 0 aliphatic carbocycles. The molecule has 0 fully saturated rings. The summed E-state index contributed by atoms with van der Waals surface area (Å²) < 4.78 is 5.61. The Labute approximate surface area is 98.3 Å². The normalized spacial score (nSPS) is 11.6. The van der Waals surface area contributed by atoms with Crippen LogP contribution in [0, 0.1) is 20.8 Å². The number of rotatable bonds is 4. The predicted molar refractivity (Wildman–Crippen MR) is 66.8 cm³/mol. The quantitative estimate of drug-likeness (QED) is 0.846. The molecule has 0 saturated carbocycles. The number of ether oxygens (including phenoxy) is 1. The fourth-order valence-corrected chi connectivity index (χ4v) is 1.46. The Morgan fingerprint density at radius 3 is 2.19 bits per heavy atom. The zero-order valence-corrected chi connectivity index (χ0v) is 10.6. The highest BCUT2D eigenvalue weighted by Gasteiger charge is 2.12. The molecule has 0 unspecified atom stereocenters. The van der Waals surface area contributed by atoms with Crippen LogP contribution >= 0.6 is 0 Å². The zero-order chi connectivity index (χ0) is 12.3. The summed E-state index contributed by atoms with van der Waals surface area (Å²) in [6, 6.07) is 3.97. The first-order chi connectivity index (χ1) is 7.29. The monoisotopic (exact) mass is 221 g/mol. The smallest absolute Gasteiger partial charge is 0.119 e. The third-order valence-electron chi connectivity index (χ3n) is 2.65. The van der Waals surface area contributed by atoms with E-state index in [1.807, 2.05) is 26.0 Å². The second-order valence-electron chi connectivity index (χ2n) is 4.95. The Balaban J connectivity index is 2.62. The standard InChI is InChI=1S/C14H21O2/c1-10-8-13(9-11(2)12(10)3)16-7-6-14(4,5)15/h8-9,15H,3,6-7H2,1-2,4-5H3. The van der Waals surface area contributed by atoms with Gasteiger partial charge in [-0.2, -0.15) is 0 Å². The lowest BCUT2D eigenvalue weighted by molar-refractivity contribution is 0.0553. The molecule has 0 bridgehead atoms. The first-order valence-corrected chi connectivity index (χ1v) is 5.58. The molecule has 0 saturated heterocycles. The zero-order valence-electron chi connectivity index (χ0n) is 10.6. The minimum atomic E-state index is -0.670. The van der Waals surface area contributed by atoms with Gasteiger partial charge in [0.1, 0.15) is 5.75 Å². The minimum Gasteiger partial charge on any atom is -0.493 e. The van der Waals surface area contributed by atoms with Gasteiger partial charge in [-0.05, 0) is 63.4 Å². The van der Waals surface area contributed by atoms with Gasteiger partial charge in [0, 0.05) is 6.42 Å². The van der Waals surface area contributed by atoms with Crippen LogP contribution < -0.4 is 4.74 Å². The maximum atomic E-state index is 9.56. The fourth-order valence-electron chi connectivity index (χ4n) is 1.46. The van der Waals surface area contributed by atoms with Crippen molar-refractivity contribution in [1.29, 1.82) is 0 Å². The first-order valence-electron chi connectivity index (χ1n) is 5.58. The van der Waals surface area contributed by atoms with Crippen molar-refractivity contribution in [3.8, 4) is 5.75 Å². The van der Waals surface area contributed by atoms with Crippen molar-refractivity contribution >= 4 is 0 Å². The SMILES string of the molecule is [CH2]c1c(C)cc(OCCC(C)(C)O)cc1C. The van der Waals surface area contributed by atoms with Crippen molar-refractivity contribution in [2.75, 3.05) is 6.61 Å². The molecule has 2 nitrogen and oxygen atoms in total. The molecule has 89 valence electrons. The lowest BCUT2D eigenvalue weighted by Gasteiger charge is -2.17. The number of aliphatic hydroxyl groups is 1. The molecular weight excluding hydrogens is 200 g/mol. The van der Waals surface area contributed by atoms with Gasteiger partial charge in [0.2, 0.25) is 0 Å². The maximum Gasteiger partial charge on any atom is 0.119 e. The Kier molecular flexibility index (Phi) is 3.98. The average Bonchev–Trinajstić information content (AvgIpc) is 2.12. The van der Waals surface area contributed by atoms with Gasteiger partial charge >= 0.3 is 0 Å². The van der Waals surface area contributed by atoms with E-state index in [-0.39, 0.29) is 0 Å². The third-order valence-corrected chi connectivity index (χ3v) is 2.65. The minimum absolute atomic E-state index is 0.527. The molecule has 0 atom stereocenters. The molecule has 0 heterocycles. The molecule has 16 heavy (non-hydrogen) atoms. The molecule has 0 amide bonds. The second kappa shape index (κ2) is 4.88. The van der Waals surface area contributed by atoms with Crippen molar-refractivity contribution in [1.82, 2.24) is 0 Å². The van der Waals surface area contributed by atoms with Gasteiger partial charge in [-0.15, -0.1) is 0 Å². The summed E-state index contributed by atoms with van der Waals surface area (Å²) in [5.41, 5.74) is 2.67. The summed E-state index contributed by atoms with van der Waals surface area (Å²) in [4.78, 5) is 0. The summed E-state index contributed by atoms with van der Waals surface area (Å²) in [6.45, 7) is 12.1. The van der Waals surface area contributed by atoms with E-state index >= 15 is 0 Å². The predicted octanol–water partition coefficient (Wildman–Crippen LogP) is 3.03. The molecule has 0 aliphatic rings. The Bertz CT molecular complexity index is 338. The molecule has 0 aromatic heterocycles. The summed E-state index contributed by atoms with van der Waals surface area (Å²) in [5.74, 6) is 0.853. The van der Waals surface area contributed by atoms with E-state index in [0.29, 0.717) is 13.0 Å². The van der Waals surface area contributed by atoms with Gasteiger partial charge in [0.05, 0.1) is 12.2 Å². The number of hydrogen-bond donors (Lipinski definition) is 1. The van der Waals surface area contributed by atoms with Crippen molar-refractivity contribution in [3.63, 3.8) is 0 Å². The molecule has 1 N–H and O–H groups in total. The lowest BCUT2D eigenvalue weighted by atomic mass is 10.0. The van der Waals surface area contributed by atoms with Crippen LogP contribution in [0.25, 0.3) is 0 Å². The number of benzene rings is 1. The van der Waals surface area contributed by atoms with Crippen LogP contribution in [0.15, 0.2) is 12.1 Å². The van der Waals surface area contributed by atoms with Crippen LogP contribution in [0.2, 0.25) is 0 Å². The van der Waals surface area contributed by atoms with Crippen molar-refractivity contribution in [3.05, 3.63) is 35.7 Å². The summed E-state index contributed by atoms with van der Waals surface area (Å²) in [7, 11) is 0. The van der Waals surface area contributed by atoms with Crippen molar-refractivity contribution in [2.24, 2.45) is 0 Å². The van der Waals surface area contributed by atoms with E-state index in [2.05, 4.69) is 6.92 Å². The summed E-state index contributed by atoms with van der Waals surface area (Å²) in [5, 5.41) is 9.56. The molecule has 1 rings (SSSR count). The van der Waals surface area contributed by atoms with Gasteiger partial charge in [0.15, 0.2) is 0 Å². The van der Waals surface area contributed by atoms with Crippen LogP contribution in [0.5, 0.6) is 5.75 Å². The van der Waals surface area contributed by atoms with Crippen LogP contribution in [-0.4, -0.2) is 17.3 Å². The highest BCUT2D eigenvalue weighted by molar-refractivity contribution is 5.42. The van der Waals surface area contributed by atoms with Crippen molar-refractivity contribution < 1.29 is 9.84 Å². The molecule has 1 aromatic rings. The van der Waals surface area contributed by atoms with E-state index in [9.17, 15) is 5.11 Å². The van der Waals surface area contributed by atoms with Crippen LogP contribution in [-0.2, 0) is 0 Å². The largest absolute Gasteiger partial charge is 0.493 e. The molecule has 1 radical (unpaired) electrons. The van der Waals surface area contributed by atoms with Gasteiger partial charge in [-0.25, -0.2) is 0 Å². The van der Waals surface area contributed by atoms with Gasteiger partial charge in [-0.1, -0.05) is 0 Å². The Morgan fingerprint density at radius 2 is 1.75 bits per heavy atom. The van der Waals surface area contributed by atoms with Crippen LogP contribution in [0.1, 0.15) is 37.0 Å². The second-order valence-corrected chi connectivity index (χ2v) is 4.95. The highest BCUT2D eigenvalue weighted by Crippen LogP contribution is 2.21. The number of aryl methyl sites for hydroxylation is 2. The molecular formula is C14H21O2. The molecule has 1 aromatic carbocycles. The van der Waals surface area contributed by atoms with Crippen LogP contribution in [0.3, 0.4) is 0 Å². The fraction of sp³-hybridized carbons (Fsp3) is 0.500. The summed E-state index contributed by atoms with van der Waals surface area (Å²) >= 11 is 0. The van der Waals surface area contributed by atoms with Gasteiger partial charge in [-0.3, -0.25) is 0 Å². The highest BCUT2D eigenvalue weighted by atomic mass is 16.5. The van der Waals surface area contributed by atoms with E-state index in [0.717, 1.165) is 22.4 Å². The average molecular weight is 221 g/mol. The topological polar surface area (TPSA) is 29.5 Å². The van der Waals surface area contributed by atoms with Crippen LogP contribution in [0.4, 0.5) is 0 Å². The maximum absolute atomic E-state index is 9.56. The Hall–Kier alpha value is -1.02. The van der Waals surface area contributed by atoms with E-state index in [1.165, 1.54) is 0 Å². The van der Waals surface area contributed by atoms with E-state index < -0.39 is 5.60 Å². The first kappa shape index (κ1) is 13.0. The Morgan fingerprint density at radius 1 is 1.25 bits per heavy atom. The van der Waals surface area contributed by atoms with Crippen molar-refractivity contribution in [2.45, 2.75) is 39.7 Å². The van der Waals surface area contributed by atoms with Gasteiger partial charge < -0.3 is 9.84 Å². The third kappa shape index (κ3) is 3.86. The van der Waals surface area contributed by atoms with E-state index in [4.69, 9.17) is 4.74 Å². The van der Waals surface area contributed by atoms with E-state index in [1.54, 1.807) is 13.8 Å². The molecule has 0 aliphatic heterocycles. The number of hydrogen-bond acceptors (Lipinski definition) is 2. The lowest BCUT2D eigenvalue weighted by Crippen LogP contribution is -2.21. The van der Waals surface area contributed by atoms with Gasteiger partial charge in [0.25, 0.3) is 0 Å². The molecule has 0 spiro atoms. The summed E-state index contributed by atoms with van der Waals surface area (Å²) in [6.07, 6.45) is 0.622.